The molecule has 1 heterocycles. The smallest absolute Gasteiger partial charge is 0.341 e. The molecule has 0 radical (unpaired) electrons. The van der Waals surface area contributed by atoms with E-state index in [1.165, 1.54) is 30.6 Å². The van der Waals surface area contributed by atoms with Crippen LogP contribution in [0.5, 0.6) is 0 Å². The van der Waals surface area contributed by atoms with E-state index in [1.54, 1.807) is 24.3 Å². The second kappa shape index (κ2) is 10.4. The first-order chi connectivity index (χ1) is 17.1. The molecular weight excluding hydrogens is 496 g/mol. The lowest BCUT2D eigenvalue weighted by atomic mass is 10.0. The van der Waals surface area contributed by atoms with E-state index in [9.17, 15) is 18.0 Å². The number of ether oxygens (including phenoxy) is 1. The highest BCUT2D eigenvalue weighted by Gasteiger charge is 2.31. The van der Waals surface area contributed by atoms with Crippen LogP contribution in [0.3, 0.4) is 0 Å². The lowest BCUT2D eigenvalue weighted by molar-refractivity contribution is -0.114. The van der Waals surface area contributed by atoms with Gasteiger partial charge in [0.25, 0.3) is 10.0 Å². The number of fused-ring (bicyclic) bond motifs is 1. The van der Waals surface area contributed by atoms with Crippen molar-refractivity contribution >= 4 is 43.9 Å². The van der Waals surface area contributed by atoms with Crippen LogP contribution in [-0.2, 0) is 32.4 Å². The van der Waals surface area contributed by atoms with Gasteiger partial charge in [0.15, 0.2) is 0 Å². The van der Waals surface area contributed by atoms with Crippen molar-refractivity contribution in [2.45, 2.75) is 50.8 Å². The zero-order valence-electron chi connectivity index (χ0n) is 20.8. The van der Waals surface area contributed by atoms with Crippen molar-refractivity contribution in [1.82, 2.24) is 0 Å². The summed E-state index contributed by atoms with van der Waals surface area (Å²) in [5.41, 5.74) is 3.66. The number of amides is 1. The summed E-state index contributed by atoms with van der Waals surface area (Å²) in [6.45, 7) is 5.55. The van der Waals surface area contributed by atoms with Crippen LogP contribution in [0.25, 0.3) is 0 Å². The molecule has 0 saturated heterocycles. The number of sulfonamides is 1. The minimum absolute atomic E-state index is 0.0965. The standard InChI is InChI=1S/C27H30N2O5S2/c1-17(2)19-10-12-20(13-11-19)29(36(32,33)21-14-8-18(3)9-15-21)16-24(30)28-26-25(27(31)34-4)22-6-5-7-23(22)35-26/h8-15,17H,5-7,16H2,1-4H3,(H,28,30). The van der Waals surface area contributed by atoms with E-state index in [2.05, 4.69) is 19.2 Å². The molecule has 3 aromatic rings. The van der Waals surface area contributed by atoms with Gasteiger partial charge in [0.2, 0.25) is 5.91 Å². The predicted molar refractivity (Wildman–Crippen MR) is 143 cm³/mol. The Morgan fingerprint density at radius 3 is 2.33 bits per heavy atom. The van der Waals surface area contributed by atoms with E-state index < -0.39 is 28.4 Å². The van der Waals surface area contributed by atoms with Gasteiger partial charge in [-0.3, -0.25) is 9.10 Å². The van der Waals surface area contributed by atoms with Crippen LogP contribution in [0.1, 0.15) is 58.1 Å². The van der Waals surface area contributed by atoms with E-state index >= 15 is 0 Å². The third-order valence-corrected chi connectivity index (χ3v) is 9.30. The van der Waals surface area contributed by atoms with E-state index in [0.717, 1.165) is 45.1 Å². The molecule has 0 bridgehead atoms. The number of nitrogens with one attached hydrogen (secondary N) is 1. The second-order valence-electron chi connectivity index (χ2n) is 9.17. The van der Waals surface area contributed by atoms with Crippen LogP contribution in [0.2, 0.25) is 0 Å². The van der Waals surface area contributed by atoms with Crippen LogP contribution in [0.4, 0.5) is 10.7 Å². The van der Waals surface area contributed by atoms with E-state index in [4.69, 9.17) is 4.74 Å². The van der Waals surface area contributed by atoms with Crippen molar-refractivity contribution < 1.29 is 22.7 Å². The van der Waals surface area contributed by atoms with Crippen molar-refractivity contribution in [3.8, 4) is 0 Å². The molecule has 9 heteroatoms. The Morgan fingerprint density at radius 2 is 1.72 bits per heavy atom. The van der Waals surface area contributed by atoms with Crippen molar-refractivity contribution in [1.29, 1.82) is 0 Å². The third-order valence-electron chi connectivity index (χ3n) is 6.31. The molecule has 0 fully saturated rings. The number of carbonyl (C=O) groups is 2. The van der Waals surface area contributed by atoms with Crippen molar-refractivity contribution in [3.63, 3.8) is 0 Å². The third kappa shape index (κ3) is 5.17. The number of hydrogen-bond donors (Lipinski definition) is 1. The molecule has 190 valence electrons. The van der Waals surface area contributed by atoms with E-state index in [0.29, 0.717) is 16.3 Å². The average Bonchev–Trinajstić information content (AvgIpc) is 3.43. The average molecular weight is 527 g/mol. The fourth-order valence-corrected chi connectivity index (χ4v) is 7.00. The second-order valence-corrected chi connectivity index (χ2v) is 12.1. The van der Waals surface area contributed by atoms with Gasteiger partial charge in [-0.15, -0.1) is 11.3 Å². The summed E-state index contributed by atoms with van der Waals surface area (Å²) in [5, 5.41) is 3.19. The maximum atomic E-state index is 13.7. The molecule has 1 aromatic heterocycles. The zero-order chi connectivity index (χ0) is 26.0. The number of aryl methyl sites for hydroxylation is 2. The Labute approximate surface area is 216 Å². The van der Waals surface area contributed by atoms with Gasteiger partial charge in [-0.25, -0.2) is 13.2 Å². The Kier molecular flexibility index (Phi) is 7.51. The molecule has 0 aliphatic heterocycles. The van der Waals surface area contributed by atoms with Gasteiger partial charge < -0.3 is 10.1 Å². The van der Waals surface area contributed by atoms with Crippen molar-refractivity contribution in [2.24, 2.45) is 0 Å². The lowest BCUT2D eigenvalue weighted by Gasteiger charge is -2.24. The summed E-state index contributed by atoms with van der Waals surface area (Å²) in [6, 6.07) is 13.7. The highest BCUT2D eigenvalue weighted by Crippen LogP contribution is 2.39. The lowest BCUT2D eigenvalue weighted by Crippen LogP contribution is -2.38. The molecule has 1 aliphatic rings. The van der Waals surface area contributed by atoms with Crippen LogP contribution in [-0.4, -0.2) is 33.9 Å². The monoisotopic (exact) mass is 526 g/mol. The van der Waals surface area contributed by atoms with Gasteiger partial charge in [0.1, 0.15) is 11.5 Å². The van der Waals surface area contributed by atoms with Crippen molar-refractivity contribution in [2.75, 3.05) is 23.3 Å². The normalized spacial score (nSPS) is 12.9. The number of thiophene rings is 1. The fourth-order valence-electron chi connectivity index (χ4n) is 4.28. The summed E-state index contributed by atoms with van der Waals surface area (Å²) in [7, 11) is -2.73. The van der Waals surface area contributed by atoms with Crippen LogP contribution in [0, 0.1) is 6.92 Å². The maximum Gasteiger partial charge on any atom is 0.341 e. The number of hydrogen-bond acceptors (Lipinski definition) is 6. The molecule has 4 rings (SSSR count). The molecule has 2 aromatic carbocycles. The number of benzene rings is 2. The largest absolute Gasteiger partial charge is 0.465 e. The quantitative estimate of drug-likeness (QED) is 0.403. The Balaban J connectivity index is 1.67. The molecule has 7 nitrogen and oxygen atoms in total. The highest BCUT2D eigenvalue weighted by atomic mass is 32.2. The van der Waals surface area contributed by atoms with Gasteiger partial charge in [-0.1, -0.05) is 43.7 Å². The highest BCUT2D eigenvalue weighted by molar-refractivity contribution is 7.92. The SMILES string of the molecule is COC(=O)c1c(NC(=O)CN(c2ccc(C(C)C)cc2)S(=O)(=O)c2ccc(C)cc2)sc2c1CCC2. The predicted octanol–water partition coefficient (Wildman–Crippen LogP) is 5.29. The van der Waals surface area contributed by atoms with Crippen LogP contribution >= 0.6 is 11.3 Å². The first kappa shape index (κ1) is 25.9. The topological polar surface area (TPSA) is 92.8 Å². The van der Waals surface area contributed by atoms with Crippen molar-refractivity contribution in [3.05, 3.63) is 75.7 Å². The Hall–Kier alpha value is -3.17. The van der Waals surface area contributed by atoms with Gasteiger partial charge in [-0.05, 0) is 67.5 Å². The number of esters is 1. The van der Waals surface area contributed by atoms with Crippen LogP contribution < -0.4 is 9.62 Å². The summed E-state index contributed by atoms with van der Waals surface area (Å²) < 4.78 is 33.4. The Morgan fingerprint density at radius 1 is 1.06 bits per heavy atom. The summed E-state index contributed by atoms with van der Waals surface area (Å²) in [4.78, 5) is 26.8. The van der Waals surface area contributed by atoms with Gasteiger partial charge in [-0.2, -0.15) is 0 Å². The van der Waals surface area contributed by atoms with Crippen LogP contribution in [0.15, 0.2) is 53.4 Å². The Bertz CT molecular complexity index is 1370. The number of carbonyl (C=O) groups excluding carboxylic acids is 2. The zero-order valence-corrected chi connectivity index (χ0v) is 22.5. The molecule has 1 N–H and O–H groups in total. The van der Waals surface area contributed by atoms with E-state index in [-0.39, 0.29) is 10.8 Å². The molecule has 0 saturated carbocycles. The van der Waals surface area contributed by atoms with Gasteiger partial charge in [0, 0.05) is 4.88 Å². The molecule has 1 aliphatic carbocycles. The number of anilines is 2. The summed E-state index contributed by atoms with van der Waals surface area (Å²) in [6.07, 6.45) is 2.55. The minimum atomic E-state index is -4.03. The van der Waals surface area contributed by atoms with Gasteiger partial charge in [0.05, 0.1) is 23.3 Å². The first-order valence-corrected chi connectivity index (χ1v) is 14.1. The molecule has 0 unspecified atom stereocenters. The molecule has 0 spiro atoms. The number of methoxy groups -OCH3 is 1. The van der Waals surface area contributed by atoms with Gasteiger partial charge >= 0.3 is 5.97 Å². The summed E-state index contributed by atoms with van der Waals surface area (Å²) in [5.74, 6) is -0.760. The molecule has 1 amide bonds. The molecule has 0 atom stereocenters. The number of rotatable bonds is 8. The molecular formula is C27H30N2O5S2. The maximum absolute atomic E-state index is 13.7. The number of nitrogens with zero attached hydrogens (tertiary/aromatic N) is 1. The minimum Gasteiger partial charge on any atom is -0.465 e. The fraction of sp³-hybridized carbons (Fsp3) is 0.333. The summed E-state index contributed by atoms with van der Waals surface area (Å²) >= 11 is 1.35. The van der Waals surface area contributed by atoms with E-state index in [1.807, 2.05) is 19.1 Å². The molecule has 36 heavy (non-hydrogen) atoms. The first-order valence-electron chi connectivity index (χ1n) is 11.8.